The third-order valence-electron chi connectivity index (χ3n) is 4.30. The molecular formula is C22H18BrClN2O4S. The Balaban J connectivity index is 1.66. The summed E-state index contributed by atoms with van der Waals surface area (Å²) in [6, 6.07) is 19.4. The lowest BCUT2D eigenvalue weighted by Gasteiger charge is -2.12. The second-order valence-electron chi connectivity index (χ2n) is 6.53. The van der Waals surface area contributed by atoms with Gasteiger partial charge in [0.05, 0.1) is 10.6 Å². The third kappa shape index (κ3) is 6.24. The standard InChI is InChI=1S/C22H18BrClN2O4S/c23-16-6-9-18(10-7-16)31(29,30)25-13-12-21(27)26-20-11-8-17(24)14-19(20)22(28)15-4-2-1-3-5-15/h1-11,14,25H,12-13H2,(H,26,27). The second kappa shape index (κ2) is 10.2. The van der Waals surface area contributed by atoms with Crippen molar-refractivity contribution in [3.8, 4) is 0 Å². The van der Waals surface area contributed by atoms with Crippen LogP contribution < -0.4 is 10.0 Å². The molecule has 0 aliphatic rings. The van der Waals surface area contributed by atoms with Crippen molar-refractivity contribution in [2.75, 3.05) is 11.9 Å². The first kappa shape index (κ1) is 23.1. The number of halogens is 2. The Morgan fingerprint density at radius 3 is 2.29 bits per heavy atom. The Hall–Kier alpha value is -2.52. The largest absolute Gasteiger partial charge is 0.325 e. The molecule has 0 heterocycles. The van der Waals surface area contributed by atoms with E-state index in [9.17, 15) is 18.0 Å². The predicted molar refractivity (Wildman–Crippen MR) is 124 cm³/mol. The van der Waals surface area contributed by atoms with Crippen LogP contribution in [-0.2, 0) is 14.8 Å². The molecule has 31 heavy (non-hydrogen) atoms. The number of nitrogens with one attached hydrogen (secondary N) is 2. The molecule has 3 aromatic rings. The summed E-state index contributed by atoms with van der Waals surface area (Å²) in [5, 5.41) is 3.02. The van der Waals surface area contributed by atoms with E-state index in [2.05, 4.69) is 26.0 Å². The molecule has 0 bridgehead atoms. The van der Waals surface area contributed by atoms with Crippen molar-refractivity contribution in [2.24, 2.45) is 0 Å². The van der Waals surface area contributed by atoms with E-state index in [1.54, 1.807) is 54.6 Å². The number of hydrogen-bond acceptors (Lipinski definition) is 4. The summed E-state index contributed by atoms with van der Waals surface area (Å²) < 4.78 is 27.8. The van der Waals surface area contributed by atoms with Crippen molar-refractivity contribution < 1.29 is 18.0 Å². The summed E-state index contributed by atoms with van der Waals surface area (Å²) >= 11 is 9.29. The van der Waals surface area contributed by atoms with Crippen molar-refractivity contribution in [3.05, 3.63) is 93.4 Å². The molecule has 9 heteroatoms. The minimum atomic E-state index is -3.73. The van der Waals surface area contributed by atoms with E-state index < -0.39 is 15.9 Å². The van der Waals surface area contributed by atoms with Gasteiger partial charge in [-0.15, -0.1) is 0 Å². The van der Waals surface area contributed by atoms with E-state index in [0.717, 1.165) is 4.47 Å². The number of hydrogen-bond donors (Lipinski definition) is 2. The van der Waals surface area contributed by atoms with Crippen LogP contribution >= 0.6 is 27.5 Å². The summed E-state index contributed by atoms with van der Waals surface area (Å²) in [5.41, 5.74) is 1.02. The van der Waals surface area contributed by atoms with Crippen LogP contribution in [0.5, 0.6) is 0 Å². The summed E-state index contributed by atoms with van der Waals surface area (Å²) in [6.45, 7) is -0.0974. The van der Waals surface area contributed by atoms with Crippen molar-refractivity contribution in [3.63, 3.8) is 0 Å². The average Bonchev–Trinajstić information content (AvgIpc) is 2.75. The van der Waals surface area contributed by atoms with E-state index in [1.807, 2.05) is 0 Å². The fourth-order valence-electron chi connectivity index (χ4n) is 2.77. The number of benzene rings is 3. The Labute approximate surface area is 193 Å². The zero-order valence-corrected chi connectivity index (χ0v) is 19.3. The zero-order valence-electron chi connectivity index (χ0n) is 16.1. The highest BCUT2D eigenvalue weighted by molar-refractivity contribution is 9.10. The molecule has 0 aliphatic heterocycles. The van der Waals surface area contributed by atoms with E-state index in [1.165, 1.54) is 18.2 Å². The first-order valence-electron chi connectivity index (χ1n) is 9.20. The van der Waals surface area contributed by atoms with Crippen molar-refractivity contribution in [1.82, 2.24) is 4.72 Å². The van der Waals surface area contributed by atoms with E-state index in [4.69, 9.17) is 11.6 Å². The smallest absolute Gasteiger partial charge is 0.240 e. The van der Waals surface area contributed by atoms with Gasteiger partial charge >= 0.3 is 0 Å². The molecule has 0 saturated heterocycles. The first-order valence-corrected chi connectivity index (χ1v) is 11.9. The molecule has 0 atom stereocenters. The Bertz CT molecular complexity index is 1200. The molecular weight excluding hydrogens is 504 g/mol. The summed E-state index contributed by atoms with van der Waals surface area (Å²) in [4.78, 5) is 25.3. The molecule has 2 N–H and O–H groups in total. The molecule has 0 unspecified atom stereocenters. The second-order valence-corrected chi connectivity index (χ2v) is 9.65. The number of sulfonamides is 1. The van der Waals surface area contributed by atoms with Crippen LogP contribution in [0.4, 0.5) is 5.69 Å². The molecule has 0 saturated carbocycles. The third-order valence-corrected chi connectivity index (χ3v) is 6.55. The van der Waals surface area contributed by atoms with Gasteiger partial charge in [0.1, 0.15) is 0 Å². The van der Waals surface area contributed by atoms with Crippen LogP contribution in [0.15, 0.2) is 82.2 Å². The summed E-state index contributed by atoms with van der Waals surface area (Å²) in [5.74, 6) is -0.725. The number of carbonyl (C=O) groups is 2. The molecule has 3 rings (SSSR count). The molecule has 0 fully saturated rings. The van der Waals surface area contributed by atoms with Gasteiger partial charge < -0.3 is 5.32 Å². The van der Waals surface area contributed by atoms with Crippen molar-refractivity contribution in [1.29, 1.82) is 0 Å². The van der Waals surface area contributed by atoms with Gasteiger partial charge in [-0.3, -0.25) is 9.59 Å². The van der Waals surface area contributed by atoms with E-state index in [-0.39, 0.29) is 29.2 Å². The minimum absolute atomic E-state index is 0.0974. The summed E-state index contributed by atoms with van der Waals surface area (Å²) in [7, 11) is -3.73. The van der Waals surface area contributed by atoms with Gasteiger partial charge in [0.25, 0.3) is 0 Å². The van der Waals surface area contributed by atoms with Gasteiger partial charge in [-0.05, 0) is 42.5 Å². The van der Waals surface area contributed by atoms with Crippen LogP contribution in [0.1, 0.15) is 22.3 Å². The van der Waals surface area contributed by atoms with Gasteiger partial charge in [-0.2, -0.15) is 0 Å². The highest BCUT2D eigenvalue weighted by Crippen LogP contribution is 2.24. The van der Waals surface area contributed by atoms with Gasteiger partial charge in [-0.1, -0.05) is 57.9 Å². The number of carbonyl (C=O) groups excluding carboxylic acids is 2. The van der Waals surface area contributed by atoms with Crippen LogP contribution in [0.25, 0.3) is 0 Å². The molecule has 1 amide bonds. The topological polar surface area (TPSA) is 92.3 Å². The van der Waals surface area contributed by atoms with Crippen molar-refractivity contribution >= 4 is 54.9 Å². The van der Waals surface area contributed by atoms with Crippen molar-refractivity contribution in [2.45, 2.75) is 11.3 Å². The number of ketones is 1. The Morgan fingerprint density at radius 2 is 1.61 bits per heavy atom. The molecule has 0 spiro atoms. The first-order chi connectivity index (χ1) is 14.8. The molecule has 160 valence electrons. The minimum Gasteiger partial charge on any atom is -0.325 e. The Morgan fingerprint density at radius 1 is 0.935 bits per heavy atom. The highest BCUT2D eigenvalue weighted by Gasteiger charge is 2.17. The number of rotatable bonds is 8. The maximum Gasteiger partial charge on any atom is 0.240 e. The lowest BCUT2D eigenvalue weighted by molar-refractivity contribution is -0.116. The molecule has 0 radical (unpaired) electrons. The highest BCUT2D eigenvalue weighted by atomic mass is 79.9. The van der Waals surface area contributed by atoms with Crippen LogP contribution in [0.2, 0.25) is 5.02 Å². The van der Waals surface area contributed by atoms with Crippen LogP contribution in [-0.4, -0.2) is 26.7 Å². The average molecular weight is 522 g/mol. The maximum absolute atomic E-state index is 12.8. The van der Waals surface area contributed by atoms with E-state index >= 15 is 0 Å². The van der Waals surface area contributed by atoms with Crippen LogP contribution in [0, 0.1) is 0 Å². The normalized spacial score (nSPS) is 11.2. The van der Waals surface area contributed by atoms with Gasteiger partial charge in [0, 0.05) is 33.6 Å². The fourth-order valence-corrected chi connectivity index (χ4v) is 4.24. The maximum atomic E-state index is 12.8. The summed E-state index contributed by atoms with van der Waals surface area (Å²) in [6.07, 6.45) is -0.114. The van der Waals surface area contributed by atoms with Gasteiger partial charge in [0.15, 0.2) is 5.78 Å². The molecule has 3 aromatic carbocycles. The molecule has 0 aliphatic carbocycles. The SMILES string of the molecule is O=C(CCNS(=O)(=O)c1ccc(Br)cc1)Nc1ccc(Cl)cc1C(=O)c1ccccc1. The number of amides is 1. The van der Waals surface area contributed by atoms with Gasteiger partial charge in [0.2, 0.25) is 15.9 Å². The monoisotopic (exact) mass is 520 g/mol. The molecule has 0 aromatic heterocycles. The van der Waals surface area contributed by atoms with E-state index in [0.29, 0.717) is 16.3 Å². The quantitative estimate of drug-likeness (QED) is 0.422. The predicted octanol–water partition coefficient (Wildman–Crippen LogP) is 4.64. The number of anilines is 1. The van der Waals surface area contributed by atoms with Crippen LogP contribution in [0.3, 0.4) is 0 Å². The lowest BCUT2D eigenvalue weighted by atomic mass is 10.0. The molecule has 6 nitrogen and oxygen atoms in total. The zero-order chi connectivity index (χ0) is 22.4. The van der Waals surface area contributed by atoms with Gasteiger partial charge in [-0.25, -0.2) is 13.1 Å². The fraction of sp³-hybridized carbons (Fsp3) is 0.0909. The lowest BCUT2D eigenvalue weighted by Crippen LogP contribution is -2.28. The Kier molecular flexibility index (Phi) is 7.61.